The van der Waals surface area contributed by atoms with Gasteiger partial charge >= 0.3 is 0 Å². The highest BCUT2D eigenvalue weighted by atomic mass is 15.1. The van der Waals surface area contributed by atoms with E-state index in [4.69, 9.17) is 4.98 Å². The van der Waals surface area contributed by atoms with Crippen molar-refractivity contribution in [3.63, 3.8) is 0 Å². The lowest BCUT2D eigenvalue weighted by Crippen LogP contribution is -2.13. The minimum atomic E-state index is 0.588. The number of nitrogens with zero attached hydrogens (tertiary/aromatic N) is 2. The van der Waals surface area contributed by atoms with Crippen molar-refractivity contribution in [2.45, 2.75) is 258 Å². The molecule has 1 aromatic rings. The number of unbranched alkanes of at least 4 members (excludes halogenated alkanes) is 28. The number of aromatic nitrogens is 2. The van der Waals surface area contributed by atoms with E-state index in [9.17, 15) is 0 Å². The molecule has 0 saturated carbocycles. The monoisotopic (exact) mass is 629 g/mol. The molecule has 0 saturated heterocycles. The topological polar surface area (TPSA) is 17.8 Å². The zero-order valence-corrected chi connectivity index (χ0v) is 31.7. The molecule has 0 N–H and O–H groups in total. The first-order valence-corrected chi connectivity index (χ1v) is 21.3. The van der Waals surface area contributed by atoms with Gasteiger partial charge < -0.3 is 4.57 Å². The summed E-state index contributed by atoms with van der Waals surface area (Å²) >= 11 is 0. The second-order valence-electron chi connectivity index (χ2n) is 15.0. The van der Waals surface area contributed by atoms with Gasteiger partial charge in [-0.05, 0) is 26.2 Å². The van der Waals surface area contributed by atoms with E-state index in [1.807, 2.05) is 0 Å². The summed E-state index contributed by atoms with van der Waals surface area (Å²) in [5.74, 6) is 2.07. The Morgan fingerprint density at radius 2 is 0.711 bits per heavy atom. The van der Waals surface area contributed by atoms with Crippen LogP contribution in [0.1, 0.15) is 264 Å². The van der Waals surface area contributed by atoms with E-state index in [1.165, 1.54) is 224 Å². The van der Waals surface area contributed by atoms with E-state index in [0.717, 1.165) is 0 Å². The second-order valence-corrected chi connectivity index (χ2v) is 15.0. The number of hydrogen-bond donors (Lipinski definition) is 0. The number of imidazole rings is 1. The van der Waals surface area contributed by atoms with Crippen LogP contribution in [-0.4, -0.2) is 9.55 Å². The maximum absolute atomic E-state index is 5.02. The molecule has 0 aromatic carbocycles. The smallest absolute Gasteiger partial charge is 0.111 e. The Kier molecular flexibility index (Phi) is 31.1. The third kappa shape index (κ3) is 25.0. The fourth-order valence-corrected chi connectivity index (χ4v) is 7.42. The van der Waals surface area contributed by atoms with Crippen LogP contribution >= 0.6 is 0 Å². The summed E-state index contributed by atoms with van der Waals surface area (Å²) in [7, 11) is 0. The Morgan fingerprint density at radius 1 is 0.422 bits per heavy atom. The zero-order valence-electron chi connectivity index (χ0n) is 31.7. The molecule has 1 rings (SSSR count). The van der Waals surface area contributed by atoms with Crippen LogP contribution < -0.4 is 0 Å². The van der Waals surface area contributed by atoms with Crippen LogP contribution in [0.15, 0.2) is 12.4 Å². The van der Waals surface area contributed by atoms with Crippen LogP contribution in [0, 0.1) is 0 Å². The first-order chi connectivity index (χ1) is 22.2. The SMILES string of the molecule is CCCCCCCCCCCCCCCCC(CCCCCCCCCCCCC)c1nccn1C(C)CCCCCCCC. The van der Waals surface area contributed by atoms with Crippen LogP contribution in [0.25, 0.3) is 0 Å². The molecule has 266 valence electrons. The Morgan fingerprint density at radius 3 is 1.04 bits per heavy atom. The van der Waals surface area contributed by atoms with E-state index in [1.54, 1.807) is 0 Å². The normalized spacial score (nSPS) is 13.1. The van der Waals surface area contributed by atoms with Crippen molar-refractivity contribution in [1.82, 2.24) is 9.55 Å². The highest BCUT2D eigenvalue weighted by Crippen LogP contribution is 2.31. The highest BCUT2D eigenvalue weighted by Gasteiger charge is 2.19. The van der Waals surface area contributed by atoms with Crippen molar-refractivity contribution < 1.29 is 0 Å². The lowest BCUT2D eigenvalue weighted by atomic mass is 9.92. The lowest BCUT2D eigenvalue weighted by molar-refractivity contribution is 0.412. The minimum Gasteiger partial charge on any atom is -0.332 e. The molecule has 2 heteroatoms. The summed E-state index contributed by atoms with van der Waals surface area (Å²) < 4.78 is 2.58. The molecule has 1 heterocycles. The molecule has 0 radical (unpaired) electrons. The number of hydrogen-bond acceptors (Lipinski definition) is 1. The summed E-state index contributed by atoms with van der Waals surface area (Å²) in [6.07, 6.45) is 52.7. The van der Waals surface area contributed by atoms with E-state index in [0.29, 0.717) is 12.0 Å². The third-order valence-electron chi connectivity index (χ3n) is 10.6. The second kappa shape index (κ2) is 33.1. The molecule has 1 aromatic heterocycles. The molecular formula is C43H84N2. The quantitative estimate of drug-likeness (QED) is 0.0676. The van der Waals surface area contributed by atoms with Gasteiger partial charge in [0.2, 0.25) is 0 Å². The Labute approximate surface area is 285 Å². The van der Waals surface area contributed by atoms with Crippen molar-refractivity contribution in [3.05, 3.63) is 18.2 Å². The Bertz CT molecular complexity index is 694. The zero-order chi connectivity index (χ0) is 32.5. The van der Waals surface area contributed by atoms with E-state index in [-0.39, 0.29) is 0 Å². The summed E-state index contributed by atoms with van der Waals surface area (Å²) in [6, 6.07) is 0.588. The van der Waals surface area contributed by atoms with Crippen LogP contribution in [0.2, 0.25) is 0 Å². The molecule has 0 spiro atoms. The first-order valence-electron chi connectivity index (χ1n) is 21.3. The molecule has 0 amide bonds. The van der Waals surface area contributed by atoms with Crippen molar-refractivity contribution >= 4 is 0 Å². The predicted molar refractivity (Wildman–Crippen MR) is 204 cm³/mol. The molecule has 0 bridgehead atoms. The van der Waals surface area contributed by atoms with Gasteiger partial charge in [0.05, 0.1) is 0 Å². The number of rotatable bonds is 36. The molecule has 2 unspecified atom stereocenters. The molecule has 0 aliphatic carbocycles. The fraction of sp³-hybridized carbons (Fsp3) is 0.930. The molecule has 0 aliphatic rings. The maximum atomic E-state index is 5.02. The average molecular weight is 629 g/mol. The van der Waals surface area contributed by atoms with E-state index in [2.05, 4.69) is 44.7 Å². The Hall–Kier alpha value is -0.790. The molecule has 2 nitrogen and oxygen atoms in total. The average Bonchev–Trinajstić information content (AvgIpc) is 3.54. The van der Waals surface area contributed by atoms with Gasteiger partial charge in [0.15, 0.2) is 0 Å². The van der Waals surface area contributed by atoms with Crippen LogP contribution in [-0.2, 0) is 0 Å². The molecule has 2 atom stereocenters. The van der Waals surface area contributed by atoms with E-state index >= 15 is 0 Å². The lowest BCUT2D eigenvalue weighted by Gasteiger charge is -2.22. The summed E-state index contributed by atoms with van der Waals surface area (Å²) in [5.41, 5.74) is 0. The fourth-order valence-electron chi connectivity index (χ4n) is 7.42. The molecule has 45 heavy (non-hydrogen) atoms. The van der Waals surface area contributed by atoms with Gasteiger partial charge in [-0.15, -0.1) is 0 Å². The molecule has 0 aliphatic heterocycles. The summed E-state index contributed by atoms with van der Waals surface area (Å²) in [5, 5.41) is 0. The van der Waals surface area contributed by atoms with Crippen LogP contribution in [0.5, 0.6) is 0 Å². The van der Waals surface area contributed by atoms with Crippen molar-refractivity contribution in [1.29, 1.82) is 0 Å². The first kappa shape index (κ1) is 42.2. The summed E-state index contributed by atoms with van der Waals surface area (Å²) in [4.78, 5) is 5.02. The standard InChI is InChI=1S/C43H84N2/c1-5-8-11-14-17-19-21-22-23-25-27-29-32-35-38-42(37-34-31-28-26-24-20-18-15-12-9-6-2)43-44-39-40-45(43)41(4)36-33-30-16-13-10-7-3/h39-42H,5-38H2,1-4H3. The third-order valence-corrected chi connectivity index (χ3v) is 10.6. The molecular weight excluding hydrogens is 544 g/mol. The van der Waals surface area contributed by atoms with Gasteiger partial charge in [-0.3, -0.25) is 0 Å². The highest BCUT2D eigenvalue weighted by molar-refractivity contribution is 5.02. The van der Waals surface area contributed by atoms with Crippen LogP contribution in [0.3, 0.4) is 0 Å². The Balaban J connectivity index is 2.37. The molecule has 0 fully saturated rings. The predicted octanol–water partition coefficient (Wildman–Crippen LogP) is 15.9. The van der Waals surface area contributed by atoms with Gasteiger partial charge in [0.1, 0.15) is 5.82 Å². The van der Waals surface area contributed by atoms with Crippen molar-refractivity contribution in [2.75, 3.05) is 0 Å². The maximum Gasteiger partial charge on any atom is 0.111 e. The van der Waals surface area contributed by atoms with Gasteiger partial charge in [0, 0.05) is 24.4 Å². The van der Waals surface area contributed by atoms with Gasteiger partial charge in [0.25, 0.3) is 0 Å². The van der Waals surface area contributed by atoms with Crippen LogP contribution in [0.4, 0.5) is 0 Å². The van der Waals surface area contributed by atoms with E-state index < -0.39 is 0 Å². The van der Waals surface area contributed by atoms with Gasteiger partial charge in [-0.25, -0.2) is 4.98 Å². The minimum absolute atomic E-state index is 0.588. The van der Waals surface area contributed by atoms with Gasteiger partial charge in [-0.2, -0.15) is 0 Å². The van der Waals surface area contributed by atoms with Gasteiger partial charge in [-0.1, -0.05) is 220 Å². The summed E-state index contributed by atoms with van der Waals surface area (Å²) in [6.45, 7) is 9.39. The van der Waals surface area contributed by atoms with Crippen molar-refractivity contribution in [2.24, 2.45) is 0 Å². The van der Waals surface area contributed by atoms with Crippen molar-refractivity contribution in [3.8, 4) is 0 Å². The largest absolute Gasteiger partial charge is 0.332 e.